The van der Waals surface area contributed by atoms with Crippen LogP contribution in [-0.4, -0.2) is 21.0 Å². The van der Waals surface area contributed by atoms with Crippen LogP contribution in [0, 0.1) is 0 Å². The third-order valence-electron chi connectivity index (χ3n) is 1.96. The zero-order chi connectivity index (χ0) is 9.26. The number of aryl methyl sites for hydroxylation is 1. The molecule has 4 nitrogen and oxygen atoms in total. The molecule has 1 heterocycles. The summed E-state index contributed by atoms with van der Waals surface area (Å²) in [7, 11) is 1.94. The fraction of sp³-hybridized carbons (Fsp3) is 0.111. The van der Waals surface area contributed by atoms with Crippen molar-refractivity contribution in [3.63, 3.8) is 0 Å². The summed E-state index contributed by atoms with van der Waals surface area (Å²) in [6.45, 7) is 0. The molecule has 0 amide bonds. The highest BCUT2D eigenvalue weighted by molar-refractivity contribution is 5.86. The van der Waals surface area contributed by atoms with E-state index in [0.29, 0.717) is 0 Å². The van der Waals surface area contributed by atoms with Gasteiger partial charge in [-0.15, -0.1) is 0 Å². The summed E-state index contributed by atoms with van der Waals surface area (Å²) in [6, 6.07) is 5.69. The molecule has 66 valence electrons. The van der Waals surface area contributed by atoms with Crippen LogP contribution in [0.25, 0.3) is 11.0 Å². The minimum atomic E-state index is 0.841. The van der Waals surface area contributed by atoms with Gasteiger partial charge in [0, 0.05) is 7.05 Å². The summed E-state index contributed by atoms with van der Waals surface area (Å²) >= 11 is 0. The maximum atomic E-state index is 8.34. The van der Waals surface area contributed by atoms with E-state index in [1.807, 2.05) is 29.8 Å². The van der Waals surface area contributed by atoms with Crippen molar-refractivity contribution in [2.24, 2.45) is 12.2 Å². The number of hydrogen-bond acceptors (Lipinski definition) is 3. The van der Waals surface area contributed by atoms with Gasteiger partial charge in [0.25, 0.3) is 0 Å². The van der Waals surface area contributed by atoms with Crippen molar-refractivity contribution < 1.29 is 5.21 Å². The Labute approximate surface area is 75.1 Å². The third-order valence-corrected chi connectivity index (χ3v) is 1.96. The van der Waals surface area contributed by atoms with Crippen molar-refractivity contribution in [1.29, 1.82) is 0 Å². The molecule has 0 fully saturated rings. The molecule has 1 N–H and O–H groups in total. The zero-order valence-corrected chi connectivity index (χ0v) is 7.18. The van der Waals surface area contributed by atoms with Crippen LogP contribution in [-0.2, 0) is 7.05 Å². The summed E-state index contributed by atoms with van der Waals surface area (Å²) in [5.41, 5.74) is 2.81. The monoisotopic (exact) mass is 175 g/mol. The largest absolute Gasteiger partial charge is 0.411 e. The fourth-order valence-electron chi connectivity index (χ4n) is 1.30. The zero-order valence-electron chi connectivity index (χ0n) is 7.18. The molecule has 4 heteroatoms. The maximum Gasteiger partial charge on any atom is 0.0955 e. The molecule has 0 saturated carbocycles. The number of imidazole rings is 1. The first kappa shape index (κ1) is 7.79. The molecule has 0 aliphatic carbocycles. The number of nitrogens with zero attached hydrogens (tertiary/aromatic N) is 3. The van der Waals surface area contributed by atoms with E-state index in [9.17, 15) is 0 Å². The van der Waals surface area contributed by atoms with Crippen molar-refractivity contribution in [2.45, 2.75) is 0 Å². The summed E-state index contributed by atoms with van der Waals surface area (Å²) in [5, 5.41) is 11.3. The maximum absolute atomic E-state index is 8.34. The second kappa shape index (κ2) is 2.90. The topological polar surface area (TPSA) is 50.4 Å². The highest BCUT2D eigenvalue weighted by atomic mass is 16.4. The smallest absolute Gasteiger partial charge is 0.0955 e. The molecule has 0 unspecified atom stereocenters. The number of oxime groups is 1. The van der Waals surface area contributed by atoms with Crippen LogP contribution in [0.5, 0.6) is 0 Å². The Hall–Kier alpha value is -1.84. The Morgan fingerprint density at radius 3 is 3.15 bits per heavy atom. The van der Waals surface area contributed by atoms with Crippen LogP contribution in [0.15, 0.2) is 29.7 Å². The lowest BCUT2D eigenvalue weighted by molar-refractivity contribution is 0.322. The van der Waals surface area contributed by atoms with E-state index in [1.165, 1.54) is 6.21 Å². The van der Waals surface area contributed by atoms with Gasteiger partial charge in [0.2, 0.25) is 0 Å². The number of rotatable bonds is 1. The predicted molar refractivity (Wildman–Crippen MR) is 50.1 cm³/mol. The average molecular weight is 175 g/mol. The van der Waals surface area contributed by atoms with E-state index < -0.39 is 0 Å². The molecule has 0 atom stereocenters. The molecular formula is C9H9N3O. The fourth-order valence-corrected chi connectivity index (χ4v) is 1.30. The first-order valence-electron chi connectivity index (χ1n) is 3.90. The van der Waals surface area contributed by atoms with Crippen LogP contribution < -0.4 is 0 Å². The molecule has 0 saturated heterocycles. The summed E-state index contributed by atoms with van der Waals surface area (Å²) in [5.74, 6) is 0. The molecule has 0 spiro atoms. The van der Waals surface area contributed by atoms with Gasteiger partial charge in [0.05, 0.1) is 23.6 Å². The van der Waals surface area contributed by atoms with Gasteiger partial charge in [-0.3, -0.25) is 0 Å². The number of hydrogen-bond donors (Lipinski definition) is 1. The van der Waals surface area contributed by atoms with Crippen LogP contribution in [0.4, 0.5) is 0 Å². The van der Waals surface area contributed by atoms with Crippen LogP contribution >= 0.6 is 0 Å². The van der Waals surface area contributed by atoms with Gasteiger partial charge >= 0.3 is 0 Å². The van der Waals surface area contributed by atoms with Crippen molar-refractivity contribution >= 4 is 17.2 Å². The summed E-state index contributed by atoms with van der Waals surface area (Å²) in [4.78, 5) is 4.18. The van der Waals surface area contributed by atoms with Crippen molar-refractivity contribution in [2.75, 3.05) is 0 Å². The van der Waals surface area contributed by atoms with Crippen LogP contribution in [0.1, 0.15) is 5.56 Å². The number of aromatic nitrogens is 2. The second-order valence-electron chi connectivity index (χ2n) is 2.85. The van der Waals surface area contributed by atoms with Crippen LogP contribution in [0.3, 0.4) is 0 Å². The molecule has 0 aliphatic heterocycles. The lowest BCUT2D eigenvalue weighted by Crippen LogP contribution is -1.85. The number of fused-ring (bicyclic) bond motifs is 1. The number of benzene rings is 1. The quantitative estimate of drug-likeness (QED) is 0.404. The molecule has 1 aromatic carbocycles. The van der Waals surface area contributed by atoms with E-state index in [4.69, 9.17) is 5.21 Å². The minimum Gasteiger partial charge on any atom is -0.411 e. The molecular weight excluding hydrogens is 166 g/mol. The summed E-state index contributed by atoms with van der Waals surface area (Å²) < 4.78 is 1.94. The minimum absolute atomic E-state index is 0.841. The second-order valence-corrected chi connectivity index (χ2v) is 2.85. The highest BCUT2D eigenvalue weighted by Crippen LogP contribution is 2.12. The Bertz CT molecular complexity index is 459. The third kappa shape index (κ3) is 1.26. The van der Waals surface area contributed by atoms with E-state index in [1.54, 1.807) is 6.33 Å². The summed E-state index contributed by atoms with van der Waals surface area (Å²) in [6.07, 6.45) is 3.14. The highest BCUT2D eigenvalue weighted by Gasteiger charge is 1.98. The Kier molecular flexibility index (Phi) is 1.73. The van der Waals surface area contributed by atoms with E-state index >= 15 is 0 Å². The molecule has 0 bridgehead atoms. The van der Waals surface area contributed by atoms with Gasteiger partial charge in [0.1, 0.15) is 0 Å². The molecule has 0 radical (unpaired) electrons. The Morgan fingerprint density at radius 2 is 2.38 bits per heavy atom. The van der Waals surface area contributed by atoms with Gasteiger partial charge in [-0.05, 0) is 17.7 Å². The lowest BCUT2D eigenvalue weighted by Gasteiger charge is -1.94. The molecule has 2 aromatic rings. The van der Waals surface area contributed by atoms with E-state index in [-0.39, 0.29) is 0 Å². The van der Waals surface area contributed by atoms with Crippen LogP contribution in [0.2, 0.25) is 0 Å². The lowest BCUT2D eigenvalue weighted by atomic mass is 10.2. The molecule has 2 rings (SSSR count). The predicted octanol–water partition coefficient (Wildman–Crippen LogP) is 1.38. The van der Waals surface area contributed by atoms with Crippen molar-refractivity contribution in [3.05, 3.63) is 30.1 Å². The Morgan fingerprint density at radius 1 is 1.54 bits per heavy atom. The first-order valence-corrected chi connectivity index (χ1v) is 3.90. The first-order chi connectivity index (χ1) is 6.31. The van der Waals surface area contributed by atoms with Crippen molar-refractivity contribution in [3.8, 4) is 0 Å². The normalized spacial score (nSPS) is 11.5. The van der Waals surface area contributed by atoms with Gasteiger partial charge < -0.3 is 9.77 Å². The standard InChI is InChI=1S/C9H9N3O/c1-12-6-10-8-4-7(5-11-13)2-3-9(8)12/h2-6,13H,1H3/b11-5+. The van der Waals surface area contributed by atoms with E-state index in [0.717, 1.165) is 16.6 Å². The van der Waals surface area contributed by atoms with Gasteiger partial charge in [-0.1, -0.05) is 11.2 Å². The molecule has 0 aliphatic rings. The van der Waals surface area contributed by atoms with Gasteiger partial charge in [-0.25, -0.2) is 4.98 Å². The van der Waals surface area contributed by atoms with Gasteiger partial charge in [-0.2, -0.15) is 0 Å². The van der Waals surface area contributed by atoms with Crippen molar-refractivity contribution in [1.82, 2.24) is 9.55 Å². The van der Waals surface area contributed by atoms with E-state index in [2.05, 4.69) is 10.1 Å². The van der Waals surface area contributed by atoms with Gasteiger partial charge in [0.15, 0.2) is 0 Å². The molecule has 13 heavy (non-hydrogen) atoms. The average Bonchev–Trinajstić information content (AvgIpc) is 2.48. The Balaban J connectivity index is 2.63. The molecule has 1 aromatic heterocycles. The SMILES string of the molecule is Cn1cnc2cc(/C=N/O)ccc21.